The number of likely N-dealkylation sites (tertiary alicyclic amines) is 1. The minimum Gasteiger partial charge on any atom is -0.324 e. The van der Waals surface area contributed by atoms with Crippen LogP contribution in [0.5, 0.6) is 0 Å². The second kappa shape index (κ2) is 8.11. The zero-order valence-corrected chi connectivity index (χ0v) is 17.8. The third-order valence-electron chi connectivity index (χ3n) is 5.82. The number of urea groups is 1. The van der Waals surface area contributed by atoms with Crippen LogP contribution in [0, 0.1) is 13.8 Å². The van der Waals surface area contributed by atoms with Crippen LogP contribution in [0.4, 0.5) is 10.5 Å². The van der Waals surface area contributed by atoms with Gasteiger partial charge in [0.15, 0.2) is 0 Å². The molecular formula is C23H27N3O2S. The smallest absolute Gasteiger partial charge is 0.321 e. The van der Waals surface area contributed by atoms with Crippen molar-refractivity contribution in [3.8, 4) is 0 Å². The summed E-state index contributed by atoms with van der Waals surface area (Å²) in [5, 5.41) is 3.00. The van der Waals surface area contributed by atoms with Crippen molar-refractivity contribution in [2.24, 2.45) is 0 Å². The van der Waals surface area contributed by atoms with Gasteiger partial charge in [0.1, 0.15) is 0 Å². The topological polar surface area (TPSA) is 52.7 Å². The van der Waals surface area contributed by atoms with E-state index in [1.54, 1.807) is 0 Å². The number of carbonyl (C=O) groups is 2. The number of nitrogens with one attached hydrogen (secondary N) is 1. The number of hydrogen-bond acceptors (Lipinski definition) is 3. The lowest BCUT2D eigenvalue weighted by molar-refractivity contribution is 0.0585. The first-order valence-electron chi connectivity index (χ1n) is 10.1. The quantitative estimate of drug-likeness (QED) is 0.794. The first-order chi connectivity index (χ1) is 14.0. The predicted octanol–water partition coefficient (Wildman–Crippen LogP) is 4.52. The van der Waals surface area contributed by atoms with Gasteiger partial charge < -0.3 is 15.1 Å². The molecule has 2 aliphatic heterocycles. The van der Waals surface area contributed by atoms with E-state index >= 15 is 0 Å². The van der Waals surface area contributed by atoms with Gasteiger partial charge in [-0.3, -0.25) is 4.79 Å². The number of aryl methyl sites for hydroxylation is 2. The third kappa shape index (κ3) is 4.13. The van der Waals surface area contributed by atoms with Crippen LogP contribution in [0.1, 0.15) is 34.3 Å². The van der Waals surface area contributed by atoms with Crippen LogP contribution in [0.2, 0.25) is 0 Å². The molecule has 2 heterocycles. The van der Waals surface area contributed by atoms with Gasteiger partial charge in [-0.15, -0.1) is 11.8 Å². The molecule has 0 aliphatic carbocycles. The van der Waals surface area contributed by atoms with Crippen molar-refractivity contribution in [1.82, 2.24) is 9.80 Å². The molecule has 0 radical (unpaired) electrons. The molecule has 2 fully saturated rings. The number of carbonyl (C=O) groups excluding carboxylic acids is 2. The van der Waals surface area contributed by atoms with Crippen LogP contribution >= 0.6 is 11.8 Å². The first-order valence-corrected chi connectivity index (χ1v) is 11.1. The fourth-order valence-electron chi connectivity index (χ4n) is 4.15. The van der Waals surface area contributed by atoms with E-state index in [4.69, 9.17) is 0 Å². The summed E-state index contributed by atoms with van der Waals surface area (Å²) in [5.41, 5.74) is 3.84. The second-order valence-corrected chi connectivity index (χ2v) is 9.36. The van der Waals surface area contributed by atoms with Crippen LogP contribution in [0.3, 0.4) is 0 Å². The number of nitrogens with zero attached hydrogens (tertiary/aromatic N) is 2. The third-order valence-corrected chi connectivity index (χ3v) is 7.38. The van der Waals surface area contributed by atoms with Crippen molar-refractivity contribution in [1.29, 1.82) is 0 Å². The van der Waals surface area contributed by atoms with Gasteiger partial charge in [0.05, 0.1) is 4.87 Å². The van der Waals surface area contributed by atoms with Crippen molar-refractivity contribution < 1.29 is 9.59 Å². The van der Waals surface area contributed by atoms with Gasteiger partial charge in [0.2, 0.25) is 0 Å². The molecule has 29 heavy (non-hydrogen) atoms. The van der Waals surface area contributed by atoms with Crippen molar-refractivity contribution >= 4 is 29.4 Å². The summed E-state index contributed by atoms with van der Waals surface area (Å²) in [6.45, 7) is 6.12. The molecule has 2 aromatic rings. The second-order valence-electron chi connectivity index (χ2n) is 7.90. The Labute approximate surface area is 176 Å². The van der Waals surface area contributed by atoms with Gasteiger partial charge >= 0.3 is 6.03 Å². The minimum absolute atomic E-state index is 0.0649. The largest absolute Gasteiger partial charge is 0.324 e. The van der Waals surface area contributed by atoms with Crippen molar-refractivity contribution in [2.75, 3.05) is 30.7 Å². The number of rotatable bonds is 2. The van der Waals surface area contributed by atoms with E-state index in [2.05, 4.69) is 5.32 Å². The molecular weight excluding hydrogens is 382 g/mol. The summed E-state index contributed by atoms with van der Waals surface area (Å²) in [7, 11) is 0. The van der Waals surface area contributed by atoms with E-state index in [-0.39, 0.29) is 16.8 Å². The molecule has 0 unspecified atom stereocenters. The Bertz CT molecular complexity index is 905. The van der Waals surface area contributed by atoms with Gasteiger partial charge in [-0.25, -0.2) is 4.79 Å². The number of benzene rings is 2. The Morgan fingerprint density at radius 2 is 1.69 bits per heavy atom. The average molecular weight is 410 g/mol. The average Bonchev–Trinajstić information content (AvgIpc) is 3.11. The van der Waals surface area contributed by atoms with E-state index in [1.165, 1.54) is 0 Å². The maximum atomic E-state index is 13.1. The number of thioether (sulfide) groups is 1. The highest BCUT2D eigenvalue weighted by Crippen LogP contribution is 2.44. The van der Waals surface area contributed by atoms with Crippen LogP contribution in [0.15, 0.2) is 48.5 Å². The van der Waals surface area contributed by atoms with Crippen LogP contribution < -0.4 is 5.32 Å². The fourth-order valence-corrected chi connectivity index (χ4v) is 5.60. The summed E-state index contributed by atoms with van der Waals surface area (Å²) in [4.78, 5) is 29.5. The highest BCUT2D eigenvalue weighted by atomic mass is 32.2. The molecule has 2 aromatic carbocycles. The molecule has 1 spiro atoms. The van der Waals surface area contributed by atoms with Gasteiger partial charge in [-0.05, 0) is 56.5 Å². The summed E-state index contributed by atoms with van der Waals surface area (Å²) >= 11 is 1.87. The summed E-state index contributed by atoms with van der Waals surface area (Å²) in [6.07, 6.45) is 1.60. The summed E-state index contributed by atoms with van der Waals surface area (Å²) in [5.74, 6) is 1.06. The molecule has 4 rings (SSSR count). The van der Waals surface area contributed by atoms with E-state index in [0.717, 1.165) is 47.5 Å². The van der Waals surface area contributed by atoms with Crippen LogP contribution in [-0.2, 0) is 0 Å². The molecule has 2 aliphatic rings. The predicted molar refractivity (Wildman–Crippen MR) is 118 cm³/mol. The number of amides is 3. The monoisotopic (exact) mass is 409 g/mol. The lowest BCUT2D eigenvalue weighted by Crippen LogP contribution is -2.54. The van der Waals surface area contributed by atoms with E-state index in [1.807, 2.05) is 83.9 Å². The van der Waals surface area contributed by atoms with E-state index in [9.17, 15) is 9.59 Å². The Kier molecular flexibility index (Phi) is 5.54. The van der Waals surface area contributed by atoms with Gasteiger partial charge in [-0.1, -0.05) is 29.8 Å². The SMILES string of the molecule is Cc1ccc(C(=O)N2CCSC23CCN(C(=O)Nc2cccc(C)c2)CC3)cc1. The van der Waals surface area contributed by atoms with E-state index < -0.39 is 0 Å². The van der Waals surface area contributed by atoms with Gasteiger partial charge in [-0.2, -0.15) is 0 Å². The standard InChI is InChI=1S/C23H27N3O2S/c1-17-6-8-19(9-7-17)21(27)26-14-15-29-23(26)10-12-25(13-11-23)22(28)24-20-5-3-4-18(2)16-20/h3-9,16H,10-15H2,1-2H3,(H,24,28). The Morgan fingerprint density at radius 3 is 2.38 bits per heavy atom. The summed E-state index contributed by atoms with van der Waals surface area (Å²) < 4.78 is 0. The number of hydrogen-bond donors (Lipinski definition) is 1. The van der Waals surface area contributed by atoms with Crippen LogP contribution in [0.25, 0.3) is 0 Å². The number of piperidine rings is 1. The maximum absolute atomic E-state index is 13.1. The Morgan fingerprint density at radius 1 is 0.966 bits per heavy atom. The molecule has 5 nitrogen and oxygen atoms in total. The molecule has 3 amide bonds. The molecule has 6 heteroatoms. The molecule has 152 valence electrons. The maximum Gasteiger partial charge on any atom is 0.321 e. The molecule has 1 N–H and O–H groups in total. The molecule has 2 saturated heterocycles. The van der Waals surface area contributed by atoms with Gasteiger partial charge in [0, 0.05) is 36.6 Å². The summed E-state index contributed by atoms with van der Waals surface area (Å²) in [6, 6.07) is 15.6. The minimum atomic E-state index is -0.192. The molecule has 0 saturated carbocycles. The Balaban J connectivity index is 1.41. The lowest BCUT2D eigenvalue weighted by Gasteiger charge is -2.44. The zero-order valence-electron chi connectivity index (χ0n) is 17.0. The zero-order chi connectivity index (χ0) is 20.4. The molecule has 0 bridgehead atoms. The highest BCUT2D eigenvalue weighted by Gasteiger charge is 2.47. The Hall–Kier alpha value is -2.47. The van der Waals surface area contributed by atoms with Crippen LogP contribution in [-0.4, -0.2) is 52.0 Å². The molecule has 0 atom stereocenters. The lowest BCUT2D eigenvalue weighted by atomic mass is 10.0. The first kappa shape index (κ1) is 19.8. The molecule has 0 aromatic heterocycles. The van der Waals surface area contributed by atoms with Crippen molar-refractivity contribution in [3.05, 3.63) is 65.2 Å². The normalized spacial score (nSPS) is 18.1. The highest BCUT2D eigenvalue weighted by molar-refractivity contribution is 8.00. The fraction of sp³-hybridized carbons (Fsp3) is 0.391. The van der Waals surface area contributed by atoms with Crippen molar-refractivity contribution in [2.45, 2.75) is 31.6 Å². The van der Waals surface area contributed by atoms with Gasteiger partial charge in [0.25, 0.3) is 5.91 Å². The van der Waals surface area contributed by atoms with Crippen molar-refractivity contribution in [3.63, 3.8) is 0 Å². The number of anilines is 1. The van der Waals surface area contributed by atoms with E-state index in [0.29, 0.717) is 13.1 Å².